The van der Waals surface area contributed by atoms with E-state index in [1.54, 1.807) is 23.9 Å². The Morgan fingerprint density at radius 1 is 1.27 bits per heavy atom. The van der Waals surface area contributed by atoms with Gasteiger partial charge >= 0.3 is 0 Å². The van der Waals surface area contributed by atoms with Gasteiger partial charge in [-0.15, -0.1) is 11.8 Å². The molecule has 4 nitrogen and oxygen atoms in total. The lowest BCUT2D eigenvalue weighted by Crippen LogP contribution is -2.48. The first-order valence-electron chi connectivity index (χ1n) is 8.63. The van der Waals surface area contributed by atoms with Gasteiger partial charge < -0.3 is 10.1 Å². The maximum absolute atomic E-state index is 13.1. The molecule has 1 aliphatic rings. The molecule has 26 heavy (non-hydrogen) atoms. The van der Waals surface area contributed by atoms with Gasteiger partial charge in [0.05, 0.1) is 24.4 Å². The minimum Gasteiger partial charge on any atom is -0.371 e. The molecule has 2 atom stereocenters. The Kier molecular flexibility index (Phi) is 6.29. The van der Waals surface area contributed by atoms with Gasteiger partial charge in [0.15, 0.2) is 0 Å². The summed E-state index contributed by atoms with van der Waals surface area (Å²) in [7, 11) is 0. The number of morpholine rings is 1. The number of amides is 1. The second-order valence-corrected chi connectivity index (χ2v) is 7.12. The van der Waals surface area contributed by atoms with E-state index in [1.807, 2.05) is 37.4 Å². The molecule has 1 amide bonds. The van der Waals surface area contributed by atoms with Crippen LogP contribution in [-0.2, 0) is 9.53 Å². The maximum Gasteiger partial charge on any atom is 0.241 e. The second kappa shape index (κ2) is 8.66. The SMILES string of the molecule is CSc1ccccc1NC(=O)C(C)N1CCOC(c2ccc(F)cc2)C1. The third-order valence-electron chi connectivity index (χ3n) is 4.63. The summed E-state index contributed by atoms with van der Waals surface area (Å²) >= 11 is 1.60. The standard InChI is InChI=1S/C20H23FN2O2S/c1-14(20(24)22-17-5-3-4-6-19(17)26-2)23-11-12-25-18(13-23)15-7-9-16(21)10-8-15/h3-10,14,18H,11-13H2,1-2H3,(H,22,24). The molecule has 0 radical (unpaired) electrons. The van der Waals surface area contributed by atoms with Gasteiger partial charge in [0.2, 0.25) is 5.91 Å². The number of ether oxygens (including phenoxy) is 1. The molecule has 3 rings (SSSR count). The monoisotopic (exact) mass is 374 g/mol. The van der Waals surface area contributed by atoms with Gasteiger partial charge in [0.25, 0.3) is 0 Å². The molecule has 2 aromatic rings. The fourth-order valence-electron chi connectivity index (χ4n) is 3.05. The Bertz CT molecular complexity index is 754. The molecule has 2 unspecified atom stereocenters. The van der Waals surface area contributed by atoms with Crippen molar-refractivity contribution in [2.24, 2.45) is 0 Å². The van der Waals surface area contributed by atoms with Crippen LogP contribution in [0.4, 0.5) is 10.1 Å². The summed E-state index contributed by atoms with van der Waals surface area (Å²) in [5.74, 6) is -0.298. The van der Waals surface area contributed by atoms with E-state index in [9.17, 15) is 9.18 Å². The molecule has 1 fully saturated rings. The molecule has 6 heteroatoms. The number of hydrogen-bond donors (Lipinski definition) is 1. The van der Waals surface area contributed by atoms with Crippen LogP contribution in [0.1, 0.15) is 18.6 Å². The second-order valence-electron chi connectivity index (χ2n) is 6.27. The fraction of sp³-hybridized carbons (Fsp3) is 0.350. The number of para-hydroxylation sites is 1. The van der Waals surface area contributed by atoms with Crippen LogP contribution in [-0.4, -0.2) is 42.8 Å². The smallest absolute Gasteiger partial charge is 0.241 e. The third-order valence-corrected chi connectivity index (χ3v) is 5.43. The number of carbonyl (C=O) groups is 1. The predicted octanol–water partition coefficient (Wildman–Crippen LogP) is 3.95. The average Bonchev–Trinajstić information content (AvgIpc) is 2.68. The first-order chi connectivity index (χ1) is 12.6. The van der Waals surface area contributed by atoms with E-state index in [-0.39, 0.29) is 23.9 Å². The quantitative estimate of drug-likeness (QED) is 0.805. The number of benzene rings is 2. The summed E-state index contributed by atoms with van der Waals surface area (Å²) < 4.78 is 18.9. The predicted molar refractivity (Wildman–Crippen MR) is 103 cm³/mol. The number of anilines is 1. The highest BCUT2D eigenvalue weighted by Crippen LogP contribution is 2.26. The lowest BCUT2D eigenvalue weighted by Gasteiger charge is -2.36. The molecule has 0 bridgehead atoms. The Balaban J connectivity index is 1.65. The first-order valence-corrected chi connectivity index (χ1v) is 9.86. The Morgan fingerprint density at radius 2 is 2.00 bits per heavy atom. The van der Waals surface area contributed by atoms with Crippen molar-refractivity contribution >= 4 is 23.4 Å². The summed E-state index contributed by atoms with van der Waals surface area (Å²) in [5.41, 5.74) is 1.76. The van der Waals surface area contributed by atoms with Crippen molar-refractivity contribution in [2.45, 2.75) is 24.0 Å². The highest BCUT2D eigenvalue weighted by atomic mass is 32.2. The number of hydrogen-bond acceptors (Lipinski definition) is 4. The zero-order chi connectivity index (χ0) is 18.5. The van der Waals surface area contributed by atoms with Crippen molar-refractivity contribution in [1.82, 2.24) is 4.90 Å². The summed E-state index contributed by atoms with van der Waals surface area (Å²) in [6, 6.07) is 13.9. The van der Waals surface area contributed by atoms with E-state index in [2.05, 4.69) is 10.2 Å². The molecule has 2 aromatic carbocycles. The van der Waals surface area contributed by atoms with Gasteiger partial charge in [-0.05, 0) is 43.0 Å². The van der Waals surface area contributed by atoms with Gasteiger partial charge in [-0.3, -0.25) is 9.69 Å². The van der Waals surface area contributed by atoms with Crippen LogP contribution < -0.4 is 5.32 Å². The molecule has 1 heterocycles. The van der Waals surface area contributed by atoms with Crippen LogP contribution in [0.25, 0.3) is 0 Å². The van der Waals surface area contributed by atoms with E-state index in [0.29, 0.717) is 19.7 Å². The molecule has 1 N–H and O–H groups in total. The number of carbonyl (C=O) groups excluding carboxylic acids is 1. The highest BCUT2D eigenvalue weighted by Gasteiger charge is 2.29. The number of thioether (sulfide) groups is 1. The summed E-state index contributed by atoms with van der Waals surface area (Å²) in [6.45, 7) is 3.74. The zero-order valence-corrected chi connectivity index (χ0v) is 15.8. The largest absolute Gasteiger partial charge is 0.371 e. The number of halogens is 1. The van der Waals surface area contributed by atoms with Crippen LogP contribution in [0.3, 0.4) is 0 Å². The van der Waals surface area contributed by atoms with Gasteiger partial charge in [-0.25, -0.2) is 4.39 Å². The summed E-state index contributed by atoms with van der Waals surface area (Å²) in [5, 5.41) is 3.03. The lowest BCUT2D eigenvalue weighted by molar-refractivity contribution is -0.124. The number of rotatable bonds is 5. The minimum atomic E-state index is -0.281. The zero-order valence-electron chi connectivity index (χ0n) is 14.9. The topological polar surface area (TPSA) is 41.6 Å². The van der Waals surface area contributed by atoms with E-state index < -0.39 is 0 Å². The molecular formula is C20H23FN2O2S. The van der Waals surface area contributed by atoms with Gasteiger partial charge in [0, 0.05) is 18.0 Å². The molecule has 138 valence electrons. The molecule has 0 aromatic heterocycles. The van der Waals surface area contributed by atoms with E-state index in [4.69, 9.17) is 4.74 Å². The molecular weight excluding hydrogens is 351 g/mol. The maximum atomic E-state index is 13.1. The van der Waals surface area contributed by atoms with Crippen LogP contribution >= 0.6 is 11.8 Å². The average molecular weight is 374 g/mol. The Hall–Kier alpha value is -1.89. The Morgan fingerprint density at radius 3 is 2.73 bits per heavy atom. The van der Waals surface area contributed by atoms with Gasteiger partial charge in [-0.2, -0.15) is 0 Å². The number of nitrogens with one attached hydrogen (secondary N) is 1. The van der Waals surface area contributed by atoms with Gasteiger partial charge in [-0.1, -0.05) is 24.3 Å². The Labute approximate surface area is 157 Å². The van der Waals surface area contributed by atoms with Crippen LogP contribution in [0.2, 0.25) is 0 Å². The summed E-state index contributed by atoms with van der Waals surface area (Å²) in [4.78, 5) is 15.9. The minimum absolute atomic E-state index is 0.0359. The van der Waals surface area contributed by atoms with Crippen LogP contribution in [0.5, 0.6) is 0 Å². The van der Waals surface area contributed by atoms with E-state index >= 15 is 0 Å². The van der Waals surface area contributed by atoms with Gasteiger partial charge in [0.1, 0.15) is 5.82 Å². The van der Waals surface area contributed by atoms with Crippen molar-refractivity contribution in [2.75, 3.05) is 31.3 Å². The van der Waals surface area contributed by atoms with Crippen LogP contribution in [0, 0.1) is 5.82 Å². The van der Waals surface area contributed by atoms with Crippen molar-refractivity contribution in [3.8, 4) is 0 Å². The molecule has 0 saturated carbocycles. The fourth-order valence-corrected chi connectivity index (χ4v) is 3.60. The van der Waals surface area contributed by atoms with E-state index in [1.165, 1.54) is 12.1 Å². The van der Waals surface area contributed by atoms with Crippen molar-refractivity contribution in [1.29, 1.82) is 0 Å². The van der Waals surface area contributed by atoms with Crippen LogP contribution in [0.15, 0.2) is 53.4 Å². The third kappa shape index (κ3) is 4.44. The molecule has 1 aliphatic heterocycles. The summed E-state index contributed by atoms with van der Waals surface area (Å²) in [6.07, 6.45) is 1.84. The first kappa shape index (κ1) is 18.9. The normalized spacial score (nSPS) is 19.1. The molecule has 0 spiro atoms. The van der Waals surface area contributed by atoms with Crippen molar-refractivity contribution < 1.29 is 13.9 Å². The van der Waals surface area contributed by atoms with Crippen molar-refractivity contribution in [3.63, 3.8) is 0 Å². The molecule has 0 aliphatic carbocycles. The highest BCUT2D eigenvalue weighted by molar-refractivity contribution is 7.98. The van der Waals surface area contributed by atoms with Crippen molar-refractivity contribution in [3.05, 3.63) is 59.9 Å². The molecule has 1 saturated heterocycles. The lowest BCUT2D eigenvalue weighted by atomic mass is 10.1. The number of nitrogens with zero attached hydrogens (tertiary/aromatic N) is 1. The van der Waals surface area contributed by atoms with E-state index in [0.717, 1.165) is 16.1 Å².